The first-order valence-corrected chi connectivity index (χ1v) is 3.93. The second-order valence-corrected chi connectivity index (χ2v) is 2.28. The van der Waals surface area contributed by atoms with E-state index in [0.717, 1.165) is 19.6 Å². The van der Waals surface area contributed by atoms with Crippen molar-refractivity contribution in [2.24, 2.45) is 0 Å². The van der Waals surface area contributed by atoms with Gasteiger partial charge in [0, 0.05) is 20.3 Å². The smallest absolute Gasteiger partial charge is 0.174 e. The summed E-state index contributed by atoms with van der Waals surface area (Å²) in [6.07, 6.45) is 0.965. The van der Waals surface area contributed by atoms with Gasteiger partial charge in [0.25, 0.3) is 0 Å². The van der Waals surface area contributed by atoms with Crippen LogP contribution in [0.4, 0.5) is 0 Å². The minimum atomic E-state index is 0.675. The molecule has 0 saturated carbocycles. The molecule has 0 rings (SSSR count). The predicted octanol–water partition coefficient (Wildman–Crippen LogP) is -0.396. The lowest BCUT2D eigenvalue weighted by Gasteiger charge is -2.01. The maximum atomic E-state index is 5.17. The lowest BCUT2D eigenvalue weighted by atomic mass is 10.5. The maximum absolute atomic E-state index is 5.17. The molecule has 0 saturated heterocycles. The molecule has 0 amide bonds. The minimum Gasteiger partial charge on any atom is -0.425 e. The summed E-state index contributed by atoms with van der Waals surface area (Å²) in [5.74, 6) is 0. The van der Waals surface area contributed by atoms with Crippen molar-refractivity contribution in [3.63, 3.8) is 0 Å². The van der Waals surface area contributed by atoms with Gasteiger partial charge in [0.2, 0.25) is 0 Å². The van der Waals surface area contributed by atoms with Crippen LogP contribution in [0.25, 0.3) is 0 Å². The van der Waals surface area contributed by atoms with E-state index in [2.05, 4.69) is 0 Å². The zero-order chi connectivity index (χ0) is 7.66. The fourth-order valence-electron chi connectivity index (χ4n) is 0.507. The van der Waals surface area contributed by atoms with Crippen LogP contribution in [0.5, 0.6) is 0 Å². The van der Waals surface area contributed by atoms with Crippen molar-refractivity contribution in [1.82, 2.24) is 0 Å². The van der Waals surface area contributed by atoms with Gasteiger partial charge >= 0.3 is 0 Å². The molecule has 0 unspecified atom stereocenters. The molecule has 0 aromatic carbocycles. The van der Waals surface area contributed by atoms with E-state index in [1.54, 1.807) is 7.11 Å². The van der Waals surface area contributed by atoms with Gasteiger partial charge in [0.05, 0.1) is 13.2 Å². The number of hydrogen-bond acceptors (Lipinski definition) is 3. The van der Waals surface area contributed by atoms with Crippen molar-refractivity contribution in [3.8, 4) is 0 Å². The Labute approximate surface area is 65.2 Å². The van der Waals surface area contributed by atoms with E-state index in [4.69, 9.17) is 13.9 Å². The molecule has 0 spiro atoms. The first-order chi connectivity index (χ1) is 4.91. The van der Waals surface area contributed by atoms with Crippen LogP contribution < -0.4 is 0 Å². The van der Waals surface area contributed by atoms with E-state index in [-0.39, 0.29) is 0 Å². The fourth-order valence-corrected chi connectivity index (χ4v) is 0.711. The number of hydrogen-bond donors (Lipinski definition) is 0. The molecular formula is C6H15O3Si. The van der Waals surface area contributed by atoms with Gasteiger partial charge in [-0.05, 0) is 6.42 Å². The molecule has 3 nitrogen and oxygen atoms in total. The molecule has 10 heavy (non-hydrogen) atoms. The van der Waals surface area contributed by atoms with Crippen LogP contribution in [0.1, 0.15) is 6.42 Å². The van der Waals surface area contributed by atoms with Gasteiger partial charge in [-0.3, -0.25) is 0 Å². The molecule has 0 fully saturated rings. The van der Waals surface area contributed by atoms with Crippen LogP contribution in [-0.2, 0) is 13.9 Å². The first-order valence-electron chi connectivity index (χ1n) is 3.35. The van der Waals surface area contributed by atoms with Crippen LogP contribution in [0.15, 0.2) is 0 Å². The normalized spacial score (nSPS) is 10.2. The van der Waals surface area contributed by atoms with Crippen LogP contribution in [0.3, 0.4) is 0 Å². The molecule has 0 aromatic rings. The summed E-state index contributed by atoms with van der Waals surface area (Å²) >= 11 is 0. The highest BCUT2D eigenvalue weighted by atomic mass is 28.2. The highest BCUT2D eigenvalue weighted by Gasteiger charge is 1.86. The third kappa shape index (κ3) is 8.10. The van der Waals surface area contributed by atoms with Crippen molar-refractivity contribution in [3.05, 3.63) is 0 Å². The molecule has 0 bridgehead atoms. The Morgan fingerprint density at radius 1 is 1.10 bits per heavy atom. The largest absolute Gasteiger partial charge is 0.425 e. The summed E-state index contributed by atoms with van der Waals surface area (Å²) in [5.41, 5.74) is 0. The minimum absolute atomic E-state index is 0.675. The zero-order valence-corrected chi connectivity index (χ0v) is 7.88. The molecule has 61 valence electrons. The Hall–Kier alpha value is 0.0969. The van der Waals surface area contributed by atoms with Crippen molar-refractivity contribution < 1.29 is 13.9 Å². The summed E-state index contributed by atoms with van der Waals surface area (Å²) in [7, 11) is 3.18. The lowest BCUT2D eigenvalue weighted by Crippen LogP contribution is -2.04. The first kappa shape index (κ1) is 10.1. The van der Waals surface area contributed by atoms with Gasteiger partial charge in [0.15, 0.2) is 10.5 Å². The van der Waals surface area contributed by atoms with Gasteiger partial charge in [-0.1, -0.05) is 0 Å². The van der Waals surface area contributed by atoms with Crippen LogP contribution in [-0.4, -0.2) is 44.0 Å². The second-order valence-electron chi connectivity index (χ2n) is 1.87. The molecule has 0 aliphatic heterocycles. The van der Waals surface area contributed by atoms with E-state index in [0.29, 0.717) is 13.2 Å². The quantitative estimate of drug-likeness (QED) is 0.378. The van der Waals surface area contributed by atoms with E-state index in [1.165, 1.54) is 10.5 Å². The Morgan fingerprint density at radius 2 is 1.90 bits per heavy atom. The molecule has 0 aromatic heterocycles. The standard InChI is InChI=1S/C6H15O3Si/c1-7-5-6-8-3-2-4-9-10/h2-6,10H2,1H3. The summed E-state index contributed by atoms with van der Waals surface area (Å²) in [5, 5.41) is 0. The van der Waals surface area contributed by atoms with Gasteiger partial charge in [-0.2, -0.15) is 0 Å². The molecule has 1 radical (unpaired) electrons. The van der Waals surface area contributed by atoms with E-state index in [1.807, 2.05) is 0 Å². The van der Waals surface area contributed by atoms with Gasteiger partial charge in [0.1, 0.15) is 0 Å². The highest BCUT2D eigenvalue weighted by molar-refractivity contribution is 5.97. The van der Waals surface area contributed by atoms with Crippen molar-refractivity contribution in [2.45, 2.75) is 6.42 Å². The molecule has 4 heteroatoms. The van der Waals surface area contributed by atoms with Crippen LogP contribution in [0.2, 0.25) is 0 Å². The molecular weight excluding hydrogens is 148 g/mol. The van der Waals surface area contributed by atoms with Crippen molar-refractivity contribution in [2.75, 3.05) is 33.5 Å². The average Bonchev–Trinajstić information content (AvgIpc) is 1.97. The Kier molecular flexibility index (Phi) is 9.19. The van der Waals surface area contributed by atoms with Crippen molar-refractivity contribution in [1.29, 1.82) is 0 Å². The Bertz CT molecular complexity index is 53.0. The van der Waals surface area contributed by atoms with Crippen molar-refractivity contribution >= 4 is 10.5 Å². The topological polar surface area (TPSA) is 27.7 Å². The van der Waals surface area contributed by atoms with Gasteiger partial charge < -0.3 is 13.9 Å². The third-order valence-electron chi connectivity index (χ3n) is 1.01. The molecule has 0 N–H and O–H groups in total. The Balaban J connectivity index is 2.65. The van der Waals surface area contributed by atoms with Gasteiger partial charge in [-0.15, -0.1) is 0 Å². The number of ether oxygens (including phenoxy) is 2. The maximum Gasteiger partial charge on any atom is 0.174 e. The number of rotatable bonds is 7. The molecule has 0 heterocycles. The summed E-state index contributed by atoms with van der Waals surface area (Å²) < 4.78 is 14.8. The SMILES string of the molecule is COCCOCCCO[SiH2]. The average molecular weight is 163 g/mol. The second kappa shape index (κ2) is 9.10. The summed E-state index contributed by atoms with van der Waals surface area (Å²) in [4.78, 5) is 0. The van der Waals surface area contributed by atoms with E-state index in [9.17, 15) is 0 Å². The van der Waals surface area contributed by atoms with E-state index >= 15 is 0 Å². The molecule has 0 aliphatic carbocycles. The van der Waals surface area contributed by atoms with Crippen LogP contribution >= 0.6 is 0 Å². The molecule has 0 atom stereocenters. The fraction of sp³-hybridized carbons (Fsp3) is 1.00. The zero-order valence-electron chi connectivity index (χ0n) is 6.47. The molecule has 0 aliphatic rings. The van der Waals surface area contributed by atoms with Crippen LogP contribution in [0, 0.1) is 0 Å². The van der Waals surface area contributed by atoms with Gasteiger partial charge in [-0.25, -0.2) is 0 Å². The predicted molar refractivity (Wildman–Crippen MR) is 41.8 cm³/mol. The summed E-state index contributed by atoms with van der Waals surface area (Å²) in [6, 6.07) is 0. The summed E-state index contributed by atoms with van der Waals surface area (Å²) in [6.45, 7) is 2.91. The van der Waals surface area contributed by atoms with E-state index < -0.39 is 0 Å². The Morgan fingerprint density at radius 3 is 2.50 bits per heavy atom. The lowest BCUT2D eigenvalue weighted by molar-refractivity contribution is 0.0649. The monoisotopic (exact) mass is 163 g/mol. The highest BCUT2D eigenvalue weighted by Crippen LogP contribution is 1.82. The third-order valence-corrected chi connectivity index (χ3v) is 1.30. The number of methoxy groups -OCH3 is 1.